The molecule has 0 spiro atoms. The Balaban J connectivity index is 0.00000364. The standard InChI is InChI=1S/C19H30FN5O.HI/c1-3-10-22-18(26)9-11-23-19(21-4-2)25-14-12-24(13-15-25)17-8-6-5-7-16(17)20;/h5-8H,3-4,9-15H2,1-2H3,(H,21,23)(H,22,26);1H. The van der Waals surface area contributed by atoms with E-state index in [1.165, 1.54) is 6.07 Å². The molecule has 1 aromatic rings. The highest BCUT2D eigenvalue weighted by Crippen LogP contribution is 2.20. The third-order valence-electron chi connectivity index (χ3n) is 4.28. The minimum absolute atomic E-state index is 0. The summed E-state index contributed by atoms with van der Waals surface area (Å²) in [4.78, 5) is 20.5. The summed E-state index contributed by atoms with van der Waals surface area (Å²) >= 11 is 0. The molecule has 2 rings (SSSR count). The molecule has 1 aromatic carbocycles. The lowest BCUT2D eigenvalue weighted by atomic mass is 10.2. The highest BCUT2D eigenvalue weighted by atomic mass is 127. The fraction of sp³-hybridized carbons (Fsp3) is 0.579. The molecule has 0 aromatic heterocycles. The Hall–Kier alpha value is -1.58. The first-order valence-electron chi connectivity index (χ1n) is 9.45. The number of guanidine groups is 1. The van der Waals surface area contributed by atoms with E-state index in [4.69, 9.17) is 0 Å². The Labute approximate surface area is 178 Å². The zero-order valence-electron chi connectivity index (χ0n) is 16.2. The van der Waals surface area contributed by atoms with Crippen molar-refractivity contribution in [1.29, 1.82) is 0 Å². The molecule has 1 amide bonds. The van der Waals surface area contributed by atoms with Crippen molar-refractivity contribution < 1.29 is 9.18 Å². The smallest absolute Gasteiger partial charge is 0.221 e. The number of rotatable bonds is 7. The molecule has 27 heavy (non-hydrogen) atoms. The highest BCUT2D eigenvalue weighted by molar-refractivity contribution is 14.0. The summed E-state index contributed by atoms with van der Waals surface area (Å²) in [5, 5.41) is 6.15. The van der Waals surface area contributed by atoms with Gasteiger partial charge in [-0.05, 0) is 25.5 Å². The summed E-state index contributed by atoms with van der Waals surface area (Å²) in [6.07, 6.45) is 1.33. The van der Waals surface area contributed by atoms with Crippen LogP contribution in [0.2, 0.25) is 0 Å². The molecule has 1 heterocycles. The molecule has 0 saturated carbocycles. The number of piperazine rings is 1. The van der Waals surface area contributed by atoms with Crippen LogP contribution in [0.25, 0.3) is 0 Å². The third kappa shape index (κ3) is 7.51. The van der Waals surface area contributed by atoms with E-state index in [0.717, 1.165) is 45.1 Å². The van der Waals surface area contributed by atoms with E-state index >= 15 is 0 Å². The number of nitrogens with zero attached hydrogens (tertiary/aromatic N) is 3. The molecular weight excluding hydrogens is 460 g/mol. The zero-order valence-corrected chi connectivity index (χ0v) is 18.5. The Bertz CT molecular complexity index is 606. The summed E-state index contributed by atoms with van der Waals surface area (Å²) in [6.45, 7) is 9.01. The molecule has 1 aliphatic heterocycles. The summed E-state index contributed by atoms with van der Waals surface area (Å²) in [6, 6.07) is 6.89. The number of amides is 1. The molecule has 0 atom stereocenters. The van der Waals surface area contributed by atoms with Crippen LogP contribution in [0.4, 0.5) is 10.1 Å². The zero-order chi connectivity index (χ0) is 18.8. The second-order valence-electron chi connectivity index (χ2n) is 6.26. The van der Waals surface area contributed by atoms with Crippen molar-refractivity contribution in [3.63, 3.8) is 0 Å². The van der Waals surface area contributed by atoms with Crippen molar-refractivity contribution in [2.45, 2.75) is 26.7 Å². The number of hydrogen-bond acceptors (Lipinski definition) is 3. The second kappa shape index (κ2) is 12.7. The summed E-state index contributed by atoms with van der Waals surface area (Å²) in [7, 11) is 0. The molecule has 8 heteroatoms. The molecule has 152 valence electrons. The minimum Gasteiger partial charge on any atom is -0.366 e. The van der Waals surface area contributed by atoms with Crippen molar-refractivity contribution in [2.24, 2.45) is 4.99 Å². The van der Waals surface area contributed by atoms with Crippen LogP contribution in [0.15, 0.2) is 29.3 Å². The van der Waals surface area contributed by atoms with Gasteiger partial charge in [0.25, 0.3) is 0 Å². The second-order valence-corrected chi connectivity index (χ2v) is 6.26. The van der Waals surface area contributed by atoms with Crippen LogP contribution in [0, 0.1) is 5.82 Å². The van der Waals surface area contributed by atoms with Crippen molar-refractivity contribution in [1.82, 2.24) is 15.5 Å². The molecule has 1 aliphatic rings. The van der Waals surface area contributed by atoms with E-state index < -0.39 is 0 Å². The number of carbonyl (C=O) groups excluding carboxylic acids is 1. The number of halogens is 2. The predicted molar refractivity (Wildman–Crippen MR) is 119 cm³/mol. The normalized spacial score (nSPS) is 14.6. The molecule has 2 N–H and O–H groups in total. The number of nitrogens with one attached hydrogen (secondary N) is 2. The quantitative estimate of drug-likeness (QED) is 0.350. The maximum Gasteiger partial charge on any atom is 0.221 e. The Morgan fingerprint density at radius 3 is 2.48 bits per heavy atom. The average molecular weight is 491 g/mol. The molecule has 1 fully saturated rings. The number of carbonyl (C=O) groups is 1. The van der Waals surface area contributed by atoms with Crippen molar-refractivity contribution in [3.8, 4) is 0 Å². The molecule has 6 nitrogen and oxygen atoms in total. The molecule has 0 radical (unpaired) electrons. The lowest BCUT2D eigenvalue weighted by Crippen LogP contribution is -2.52. The molecule has 1 saturated heterocycles. The van der Waals surface area contributed by atoms with Crippen molar-refractivity contribution >= 4 is 41.5 Å². The van der Waals surface area contributed by atoms with Gasteiger partial charge in [-0.2, -0.15) is 0 Å². The lowest BCUT2D eigenvalue weighted by Gasteiger charge is -2.37. The van der Waals surface area contributed by atoms with Gasteiger partial charge in [0.15, 0.2) is 5.96 Å². The maximum absolute atomic E-state index is 14.0. The van der Waals surface area contributed by atoms with Crippen molar-refractivity contribution in [3.05, 3.63) is 30.1 Å². The highest BCUT2D eigenvalue weighted by Gasteiger charge is 2.21. The van der Waals surface area contributed by atoms with Gasteiger partial charge in [-0.1, -0.05) is 19.1 Å². The van der Waals surface area contributed by atoms with Gasteiger partial charge in [0.05, 0.1) is 12.2 Å². The van der Waals surface area contributed by atoms with Crippen LogP contribution >= 0.6 is 24.0 Å². The van der Waals surface area contributed by atoms with E-state index in [1.807, 2.05) is 26.0 Å². The van der Waals surface area contributed by atoms with E-state index in [1.54, 1.807) is 6.07 Å². The van der Waals surface area contributed by atoms with E-state index in [0.29, 0.717) is 25.2 Å². The lowest BCUT2D eigenvalue weighted by molar-refractivity contribution is -0.120. The number of aliphatic imine (C=N–C) groups is 1. The van der Waals surface area contributed by atoms with Gasteiger partial charge in [0, 0.05) is 45.7 Å². The largest absolute Gasteiger partial charge is 0.366 e. The van der Waals surface area contributed by atoms with Crippen molar-refractivity contribution in [2.75, 3.05) is 50.7 Å². The Kier molecular flexibility index (Phi) is 11.1. The van der Waals surface area contributed by atoms with Gasteiger partial charge in [0.1, 0.15) is 5.82 Å². The van der Waals surface area contributed by atoms with Gasteiger partial charge in [0.2, 0.25) is 5.91 Å². The topological polar surface area (TPSA) is 60.0 Å². The van der Waals surface area contributed by atoms with Crippen LogP contribution in [0.3, 0.4) is 0 Å². The first-order chi connectivity index (χ1) is 12.7. The summed E-state index contributed by atoms with van der Waals surface area (Å²) in [5.74, 6) is 0.680. The van der Waals surface area contributed by atoms with E-state index in [2.05, 4.69) is 25.4 Å². The summed E-state index contributed by atoms with van der Waals surface area (Å²) in [5.41, 5.74) is 0.654. The minimum atomic E-state index is -0.181. The van der Waals surface area contributed by atoms with Crippen LogP contribution in [0.5, 0.6) is 0 Å². The van der Waals surface area contributed by atoms with Gasteiger partial charge in [-0.15, -0.1) is 24.0 Å². The first-order valence-corrected chi connectivity index (χ1v) is 9.45. The molecule has 0 unspecified atom stereocenters. The monoisotopic (exact) mass is 491 g/mol. The van der Waals surface area contributed by atoms with Gasteiger partial charge < -0.3 is 20.4 Å². The molecule has 0 aliphatic carbocycles. The third-order valence-corrected chi connectivity index (χ3v) is 4.28. The van der Waals surface area contributed by atoms with Gasteiger partial charge in [-0.3, -0.25) is 9.79 Å². The fourth-order valence-electron chi connectivity index (χ4n) is 2.91. The average Bonchev–Trinajstić information content (AvgIpc) is 2.66. The number of para-hydroxylation sites is 1. The van der Waals surface area contributed by atoms with Gasteiger partial charge in [-0.25, -0.2) is 4.39 Å². The molecular formula is C19H31FIN5O. The van der Waals surface area contributed by atoms with E-state index in [9.17, 15) is 9.18 Å². The predicted octanol–water partition coefficient (Wildman–Crippen LogP) is 2.45. The van der Waals surface area contributed by atoms with E-state index in [-0.39, 0.29) is 35.7 Å². The maximum atomic E-state index is 14.0. The Morgan fingerprint density at radius 2 is 1.85 bits per heavy atom. The van der Waals surface area contributed by atoms with Crippen LogP contribution < -0.4 is 15.5 Å². The number of hydrogen-bond donors (Lipinski definition) is 2. The van der Waals surface area contributed by atoms with Crippen LogP contribution in [-0.4, -0.2) is 62.6 Å². The molecule has 0 bridgehead atoms. The van der Waals surface area contributed by atoms with Crippen LogP contribution in [0.1, 0.15) is 26.7 Å². The van der Waals surface area contributed by atoms with Gasteiger partial charge >= 0.3 is 0 Å². The Morgan fingerprint density at radius 1 is 1.15 bits per heavy atom. The number of benzene rings is 1. The number of anilines is 1. The SMILES string of the molecule is CCCNC(=O)CCN=C(NCC)N1CCN(c2ccccc2F)CC1.I. The fourth-order valence-corrected chi connectivity index (χ4v) is 2.91. The first kappa shape index (κ1) is 23.5. The summed E-state index contributed by atoms with van der Waals surface area (Å²) < 4.78 is 14.0. The van der Waals surface area contributed by atoms with Crippen LogP contribution in [-0.2, 0) is 4.79 Å².